The SMILES string of the molecule is COC1(NC(=O)CCl)C(=O)N2C(C(=O)O)=C(COC(N)=O)CS[C@@H]21. The molecule has 0 saturated carbocycles. The van der Waals surface area contributed by atoms with Crippen molar-refractivity contribution < 1.29 is 33.8 Å². The Kier molecular flexibility index (Phi) is 5.26. The normalized spacial score (nSPS) is 25.7. The molecule has 3 amide bonds. The molecule has 12 heteroatoms. The van der Waals surface area contributed by atoms with Crippen LogP contribution in [0.2, 0.25) is 0 Å². The predicted molar refractivity (Wildman–Crippen MR) is 81.9 cm³/mol. The molecule has 0 aromatic carbocycles. The zero-order chi connectivity index (χ0) is 18.1. The number of carboxylic acid groups (broad SMARTS) is 1. The number of β-lactam (4-membered cyclic amide) rings is 1. The first-order valence-corrected chi connectivity index (χ1v) is 8.11. The van der Waals surface area contributed by atoms with E-state index in [4.69, 9.17) is 22.1 Å². The number of carboxylic acids is 1. The van der Waals surface area contributed by atoms with Crippen molar-refractivity contribution in [3.05, 3.63) is 11.3 Å². The zero-order valence-electron chi connectivity index (χ0n) is 12.4. The van der Waals surface area contributed by atoms with Crippen molar-refractivity contribution in [2.24, 2.45) is 5.73 Å². The number of carbonyl (C=O) groups is 4. The van der Waals surface area contributed by atoms with E-state index in [0.717, 1.165) is 16.7 Å². The number of aliphatic carboxylic acids is 1. The molecule has 0 bridgehead atoms. The van der Waals surface area contributed by atoms with Crippen LogP contribution in [-0.4, -0.2) is 70.3 Å². The molecule has 0 aromatic heterocycles. The molecule has 0 aromatic rings. The molecule has 0 aliphatic carbocycles. The lowest BCUT2D eigenvalue weighted by atomic mass is 9.98. The lowest BCUT2D eigenvalue weighted by Gasteiger charge is -2.55. The van der Waals surface area contributed by atoms with Gasteiger partial charge in [-0.05, 0) is 0 Å². The van der Waals surface area contributed by atoms with Gasteiger partial charge in [-0.1, -0.05) is 0 Å². The fourth-order valence-corrected chi connectivity index (χ4v) is 3.94. The van der Waals surface area contributed by atoms with Crippen molar-refractivity contribution in [2.75, 3.05) is 25.3 Å². The number of ether oxygens (including phenoxy) is 2. The van der Waals surface area contributed by atoms with Gasteiger partial charge in [-0.3, -0.25) is 14.5 Å². The third-order valence-corrected chi connectivity index (χ3v) is 5.09. The largest absolute Gasteiger partial charge is 0.477 e. The summed E-state index contributed by atoms with van der Waals surface area (Å²) in [4.78, 5) is 47.3. The summed E-state index contributed by atoms with van der Waals surface area (Å²) >= 11 is 6.58. The Hall–Kier alpha value is -1.98. The Balaban J connectivity index is 2.32. The molecule has 2 aliphatic heterocycles. The van der Waals surface area contributed by atoms with Crippen LogP contribution >= 0.6 is 23.4 Å². The number of methoxy groups -OCH3 is 1. The summed E-state index contributed by atoms with van der Waals surface area (Å²) in [6.45, 7) is -0.353. The zero-order valence-corrected chi connectivity index (χ0v) is 14.0. The first-order valence-electron chi connectivity index (χ1n) is 6.53. The molecular weight excluding hydrogens is 366 g/mol. The highest BCUT2D eigenvalue weighted by Crippen LogP contribution is 2.46. The first kappa shape index (κ1) is 18.4. The molecule has 10 nitrogen and oxygen atoms in total. The van der Waals surface area contributed by atoms with Gasteiger partial charge in [0.1, 0.15) is 23.6 Å². The number of nitrogens with one attached hydrogen (secondary N) is 1. The summed E-state index contributed by atoms with van der Waals surface area (Å²) in [6, 6.07) is 0. The van der Waals surface area contributed by atoms with E-state index in [1.165, 1.54) is 7.11 Å². The van der Waals surface area contributed by atoms with Crippen molar-refractivity contribution in [1.82, 2.24) is 10.2 Å². The van der Waals surface area contributed by atoms with Crippen molar-refractivity contribution in [3.8, 4) is 0 Å². The van der Waals surface area contributed by atoms with Crippen molar-refractivity contribution in [2.45, 2.75) is 11.1 Å². The minimum atomic E-state index is -1.69. The quantitative estimate of drug-likeness (QED) is 0.303. The van der Waals surface area contributed by atoms with Crippen LogP contribution in [0.5, 0.6) is 0 Å². The monoisotopic (exact) mass is 379 g/mol. The summed E-state index contributed by atoms with van der Waals surface area (Å²) in [5.74, 6) is -2.99. The Morgan fingerprint density at radius 2 is 2.21 bits per heavy atom. The number of nitrogens with zero attached hydrogens (tertiary/aromatic N) is 1. The topological polar surface area (TPSA) is 148 Å². The van der Waals surface area contributed by atoms with Gasteiger partial charge in [-0.2, -0.15) is 0 Å². The van der Waals surface area contributed by atoms with Gasteiger partial charge >= 0.3 is 12.1 Å². The molecule has 4 N–H and O–H groups in total. The van der Waals surface area contributed by atoms with Gasteiger partial charge in [0.15, 0.2) is 0 Å². The smallest absolute Gasteiger partial charge is 0.404 e. The number of primary amides is 1. The fourth-order valence-electron chi connectivity index (χ4n) is 2.45. The first-order chi connectivity index (χ1) is 11.3. The van der Waals surface area contributed by atoms with Gasteiger partial charge < -0.3 is 25.6 Å². The molecule has 2 aliphatic rings. The van der Waals surface area contributed by atoms with E-state index in [-0.39, 0.29) is 29.5 Å². The Morgan fingerprint density at radius 3 is 2.71 bits per heavy atom. The number of fused-ring (bicyclic) bond motifs is 1. The highest BCUT2D eigenvalue weighted by Gasteiger charge is 2.66. The van der Waals surface area contributed by atoms with Crippen molar-refractivity contribution in [1.29, 1.82) is 0 Å². The minimum absolute atomic E-state index is 0.144. The van der Waals surface area contributed by atoms with Crippen LogP contribution in [-0.2, 0) is 23.9 Å². The van der Waals surface area contributed by atoms with E-state index in [1.54, 1.807) is 0 Å². The molecule has 1 saturated heterocycles. The van der Waals surface area contributed by atoms with E-state index >= 15 is 0 Å². The van der Waals surface area contributed by atoms with E-state index in [1.807, 2.05) is 0 Å². The Labute approximate surface area is 145 Å². The number of rotatable bonds is 6. The molecular formula is C12H14ClN3O7S. The molecule has 132 valence electrons. The fraction of sp³-hybridized carbons (Fsp3) is 0.500. The lowest BCUT2D eigenvalue weighted by Crippen LogP contribution is -2.80. The third-order valence-electron chi connectivity index (χ3n) is 3.47. The standard InChI is InChI=1S/C12H14ClN3O7S/c1-22-12(15-6(17)2-13)9(20)16-7(8(18)19)5(3-23-11(14)21)4-24-10(12)16/h10H,2-4H2,1H3,(H2,14,21)(H,15,17)(H,18,19)/t10-,12?/m1/s1. The maximum absolute atomic E-state index is 12.5. The van der Waals surface area contributed by atoms with Crippen LogP contribution in [0.1, 0.15) is 0 Å². The van der Waals surface area contributed by atoms with Crippen LogP contribution in [0.15, 0.2) is 11.3 Å². The number of hydrogen-bond acceptors (Lipinski definition) is 7. The number of nitrogens with two attached hydrogens (primary N) is 1. The van der Waals surface area contributed by atoms with Crippen LogP contribution in [0, 0.1) is 0 Å². The van der Waals surface area contributed by atoms with Gasteiger partial charge in [-0.15, -0.1) is 23.4 Å². The van der Waals surface area contributed by atoms with Crippen molar-refractivity contribution in [3.63, 3.8) is 0 Å². The summed E-state index contributed by atoms with van der Waals surface area (Å²) in [6.07, 6.45) is -1.06. The molecule has 2 atom stereocenters. The number of thioether (sulfide) groups is 1. The lowest BCUT2D eigenvalue weighted by molar-refractivity contribution is -0.192. The number of halogens is 1. The van der Waals surface area contributed by atoms with Gasteiger partial charge in [0, 0.05) is 18.4 Å². The number of carbonyl (C=O) groups excluding carboxylic acids is 3. The van der Waals surface area contributed by atoms with E-state index in [2.05, 4.69) is 10.1 Å². The third kappa shape index (κ3) is 2.89. The summed E-state index contributed by atoms with van der Waals surface area (Å²) in [5, 5.41) is 11.0. The highest BCUT2D eigenvalue weighted by molar-refractivity contribution is 8.00. The summed E-state index contributed by atoms with van der Waals surface area (Å²) in [7, 11) is 1.22. The number of hydrogen-bond donors (Lipinski definition) is 3. The maximum Gasteiger partial charge on any atom is 0.404 e. The van der Waals surface area contributed by atoms with E-state index < -0.39 is 35.0 Å². The number of amides is 3. The Morgan fingerprint density at radius 1 is 1.54 bits per heavy atom. The highest BCUT2D eigenvalue weighted by atomic mass is 35.5. The molecule has 2 rings (SSSR count). The summed E-state index contributed by atoms with van der Waals surface area (Å²) < 4.78 is 9.78. The second-order valence-corrected chi connectivity index (χ2v) is 6.16. The molecule has 2 heterocycles. The second kappa shape index (κ2) is 6.87. The predicted octanol–water partition coefficient (Wildman–Crippen LogP) is -0.967. The molecule has 0 spiro atoms. The molecule has 1 fully saturated rings. The van der Waals surface area contributed by atoms with Gasteiger partial charge in [0.25, 0.3) is 11.6 Å². The van der Waals surface area contributed by atoms with Crippen LogP contribution < -0.4 is 11.1 Å². The van der Waals surface area contributed by atoms with Crippen molar-refractivity contribution >= 4 is 47.2 Å². The van der Waals surface area contributed by atoms with E-state index in [9.17, 15) is 24.3 Å². The Bertz CT molecular complexity index is 640. The summed E-state index contributed by atoms with van der Waals surface area (Å²) in [5.41, 5.74) is 3.07. The average Bonchev–Trinajstić information content (AvgIpc) is 2.55. The second-order valence-electron chi connectivity index (χ2n) is 4.83. The molecule has 24 heavy (non-hydrogen) atoms. The van der Waals surface area contributed by atoms with Gasteiger partial charge in [0.05, 0.1) is 0 Å². The molecule has 1 unspecified atom stereocenters. The average molecular weight is 380 g/mol. The van der Waals surface area contributed by atoms with Crippen LogP contribution in [0.3, 0.4) is 0 Å². The minimum Gasteiger partial charge on any atom is -0.477 e. The van der Waals surface area contributed by atoms with Gasteiger partial charge in [0.2, 0.25) is 5.91 Å². The maximum atomic E-state index is 12.5. The molecule has 0 radical (unpaired) electrons. The number of alkyl halides is 1. The van der Waals surface area contributed by atoms with E-state index in [0.29, 0.717) is 0 Å². The van der Waals surface area contributed by atoms with Crippen LogP contribution in [0.4, 0.5) is 4.79 Å². The van der Waals surface area contributed by atoms with Crippen LogP contribution in [0.25, 0.3) is 0 Å². The van der Waals surface area contributed by atoms with Gasteiger partial charge in [-0.25, -0.2) is 9.59 Å².